The molecule has 2 atom stereocenters. The van der Waals surface area contributed by atoms with E-state index in [2.05, 4.69) is 4.98 Å². The maximum absolute atomic E-state index is 11.5. The van der Waals surface area contributed by atoms with Crippen molar-refractivity contribution < 1.29 is 10.2 Å². The minimum absolute atomic E-state index is 0.0714. The molecule has 1 aliphatic rings. The second kappa shape index (κ2) is 4.30. The van der Waals surface area contributed by atoms with E-state index in [0.29, 0.717) is 3.57 Å². The van der Waals surface area contributed by atoms with E-state index in [1.54, 1.807) is 0 Å². The molecule has 1 aromatic rings. The Balaban J connectivity index is 2.39. The summed E-state index contributed by atoms with van der Waals surface area (Å²) >= 11 is 1.84. The average Bonchev–Trinajstić information content (AvgIpc) is 2.96. The predicted octanol–water partition coefficient (Wildman–Crippen LogP) is -1.09. The molecular formula is C9H11IN2O4. The number of nitrogens with one attached hydrogen (secondary N) is 1. The fourth-order valence-electron chi connectivity index (χ4n) is 2.01. The molecular weight excluding hydrogens is 327 g/mol. The highest BCUT2D eigenvalue weighted by molar-refractivity contribution is 14.1. The normalized spacial score (nSPS) is 28.1. The first-order valence-electron chi connectivity index (χ1n) is 4.82. The zero-order chi connectivity index (χ0) is 11.9. The molecule has 16 heavy (non-hydrogen) atoms. The molecule has 88 valence electrons. The Morgan fingerprint density at radius 2 is 1.88 bits per heavy atom. The smallest absolute Gasteiger partial charge is 0.328 e. The van der Waals surface area contributed by atoms with Gasteiger partial charge in [0.2, 0.25) is 0 Å². The van der Waals surface area contributed by atoms with Crippen LogP contribution in [0.25, 0.3) is 0 Å². The molecule has 0 spiro atoms. The molecule has 0 radical (unpaired) electrons. The third kappa shape index (κ3) is 1.82. The molecule has 2 unspecified atom stereocenters. The lowest BCUT2D eigenvalue weighted by atomic mass is 10.3. The number of H-pyrrole nitrogens is 1. The van der Waals surface area contributed by atoms with Crippen LogP contribution in [-0.2, 0) is 0 Å². The third-order valence-corrected chi connectivity index (χ3v) is 3.72. The molecule has 0 aromatic carbocycles. The van der Waals surface area contributed by atoms with Gasteiger partial charge in [-0.15, -0.1) is 0 Å². The number of hydrogen-bond acceptors (Lipinski definition) is 4. The molecule has 3 N–H and O–H groups in total. The molecule has 0 aliphatic heterocycles. The summed E-state index contributed by atoms with van der Waals surface area (Å²) in [5.41, 5.74) is -0.909. The number of aromatic nitrogens is 2. The number of hydrogen-bond donors (Lipinski definition) is 3. The topological polar surface area (TPSA) is 95.3 Å². The standard InChI is InChI=1S/C9H11IN2O4/c10-6-1-12(9(16)11-8(6)15)7-4(2-13)5(7)3-14/h1,4-5,7,13-14H,2-3H2,(H,11,15,16). The summed E-state index contributed by atoms with van der Waals surface area (Å²) in [5.74, 6) is -0.214. The van der Waals surface area contributed by atoms with E-state index in [1.807, 2.05) is 22.6 Å². The maximum atomic E-state index is 11.5. The van der Waals surface area contributed by atoms with Gasteiger partial charge in [0.05, 0.1) is 3.57 Å². The minimum atomic E-state index is -0.496. The highest BCUT2D eigenvalue weighted by Gasteiger charge is 2.51. The fourth-order valence-corrected chi connectivity index (χ4v) is 2.44. The van der Waals surface area contributed by atoms with Crippen molar-refractivity contribution in [3.63, 3.8) is 0 Å². The Hall–Kier alpha value is -0.670. The van der Waals surface area contributed by atoms with Gasteiger partial charge in [-0.05, 0) is 22.6 Å². The predicted molar refractivity (Wildman–Crippen MR) is 64.2 cm³/mol. The van der Waals surface area contributed by atoms with Crippen LogP contribution < -0.4 is 11.2 Å². The second-order valence-electron chi connectivity index (χ2n) is 3.83. The monoisotopic (exact) mass is 338 g/mol. The van der Waals surface area contributed by atoms with Gasteiger partial charge in [0.15, 0.2) is 0 Å². The van der Waals surface area contributed by atoms with E-state index < -0.39 is 11.2 Å². The lowest BCUT2D eigenvalue weighted by Gasteiger charge is -2.03. The van der Waals surface area contributed by atoms with E-state index in [9.17, 15) is 9.59 Å². The van der Waals surface area contributed by atoms with Crippen LogP contribution >= 0.6 is 22.6 Å². The van der Waals surface area contributed by atoms with Gasteiger partial charge >= 0.3 is 5.69 Å². The summed E-state index contributed by atoms with van der Waals surface area (Å²) in [6, 6.07) is -0.215. The lowest BCUT2D eigenvalue weighted by molar-refractivity contribution is 0.232. The summed E-state index contributed by atoms with van der Waals surface area (Å²) in [6.07, 6.45) is 1.46. The molecule has 1 fully saturated rings. The lowest BCUT2D eigenvalue weighted by Crippen LogP contribution is -2.31. The van der Waals surface area contributed by atoms with E-state index >= 15 is 0 Å². The van der Waals surface area contributed by atoms with Crippen LogP contribution in [-0.4, -0.2) is 33.0 Å². The number of aliphatic hydroxyl groups is 2. The van der Waals surface area contributed by atoms with Crippen molar-refractivity contribution in [2.75, 3.05) is 13.2 Å². The van der Waals surface area contributed by atoms with E-state index in [-0.39, 0.29) is 31.1 Å². The Morgan fingerprint density at radius 3 is 2.38 bits per heavy atom. The molecule has 7 heteroatoms. The molecule has 2 rings (SSSR count). The van der Waals surface area contributed by atoms with Crippen molar-refractivity contribution in [2.45, 2.75) is 6.04 Å². The van der Waals surface area contributed by atoms with Gasteiger partial charge in [-0.25, -0.2) is 4.79 Å². The van der Waals surface area contributed by atoms with E-state index in [4.69, 9.17) is 10.2 Å². The Bertz CT molecular complexity index is 499. The summed E-state index contributed by atoms with van der Waals surface area (Å²) < 4.78 is 1.79. The first-order chi connectivity index (χ1) is 7.60. The van der Waals surface area contributed by atoms with Crippen LogP contribution in [0.5, 0.6) is 0 Å². The molecule has 1 aliphatic carbocycles. The largest absolute Gasteiger partial charge is 0.396 e. The Morgan fingerprint density at radius 1 is 1.31 bits per heavy atom. The van der Waals surface area contributed by atoms with Gasteiger partial charge in [-0.2, -0.15) is 0 Å². The van der Waals surface area contributed by atoms with Crippen LogP contribution in [0.15, 0.2) is 15.8 Å². The summed E-state index contributed by atoms with van der Waals surface area (Å²) in [6.45, 7) is -0.143. The van der Waals surface area contributed by atoms with Gasteiger partial charge in [-0.1, -0.05) is 0 Å². The molecule has 0 saturated heterocycles. The van der Waals surface area contributed by atoms with Gasteiger partial charge in [0, 0.05) is 37.3 Å². The molecule has 1 saturated carbocycles. The molecule has 1 aromatic heterocycles. The number of halogens is 1. The van der Waals surface area contributed by atoms with Crippen molar-refractivity contribution in [1.29, 1.82) is 0 Å². The quantitative estimate of drug-likeness (QED) is 0.611. The number of rotatable bonds is 3. The summed E-state index contributed by atoms with van der Waals surface area (Å²) in [7, 11) is 0. The number of aromatic amines is 1. The molecule has 0 amide bonds. The van der Waals surface area contributed by atoms with Gasteiger partial charge < -0.3 is 10.2 Å². The average molecular weight is 338 g/mol. The summed E-state index contributed by atoms with van der Waals surface area (Å²) in [4.78, 5) is 24.9. The first-order valence-corrected chi connectivity index (χ1v) is 5.90. The maximum Gasteiger partial charge on any atom is 0.328 e. The van der Waals surface area contributed by atoms with E-state index in [1.165, 1.54) is 10.8 Å². The van der Waals surface area contributed by atoms with Crippen LogP contribution in [0.1, 0.15) is 6.04 Å². The molecule has 1 heterocycles. The van der Waals surface area contributed by atoms with E-state index in [0.717, 1.165) is 0 Å². The first kappa shape index (κ1) is 11.8. The van der Waals surface area contributed by atoms with Crippen molar-refractivity contribution >= 4 is 22.6 Å². The summed E-state index contributed by atoms with van der Waals surface area (Å²) in [5, 5.41) is 18.1. The zero-order valence-corrected chi connectivity index (χ0v) is 10.4. The van der Waals surface area contributed by atoms with Crippen LogP contribution in [0, 0.1) is 15.4 Å². The molecule has 0 bridgehead atoms. The van der Waals surface area contributed by atoms with Crippen LogP contribution in [0.3, 0.4) is 0 Å². The Labute approximate surface area is 104 Å². The number of aliphatic hydroxyl groups excluding tert-OH is 2. The zero-order valence-electron chi connectivity index (χ0n) is 8.26. The van der Waals surface area contributed by atoms with Crippen molar-refractivity contribution in [1.82, 2.24) is 9.55 Å². The number of nitrogens with zero attached hydrogens (tertiary/aromatic N) is 1. The van der Waals surface area contributed by atoms with Crippen molar-refractivity contribution in [2.24, 2.45) is 11.8 Å². The van der Waals surface area contributed by atoms with Crippen molar-refractivity contribution in [3.05, 3.63) is 30.6 Å². The Kier molecular flexibility index (Phi) is 3.17. The highest BCUT2D eigenvalue weighted by Crippen LogP contribution is 2.48. The minimum Gasteiger partial charge on any atom is -0.396 e. The van der Waals surface area contributed by atoms with Gasteiger partial charge in [0.1, 0.15) is 0 Å². The fraction of sp³-hybridized carbons (Fsp3) is 0.556. The van der Waals surface area contributed by atoms with Crippen LogP contribution in [0.2, 0.25) is 0 Å². The molecule has 6 nitrogen and oxygen atoms in total. The third-order valence-electron chi connectivity index (χ3n) is 2.95. The van der Waals surface area contributed by atoms with Gasteiger partial charge in [0.25, 0.3) is 5.56 Å². The van der Waals surface area contributed by atoms with Crippen LogP contribution in [0.4, 0.5) is 0 Å². The second-order valence-corrected chi connectivity index (χ2v) is 4.99. The SMILES string of the molecule is O=c1[nH]c(=O)n(C2C(CO)C2CO)cc1I. The van der Waals surface area contributed by atoms with Crippen molar-refractivity contribution in [3.8, 4) is 0 Å². The van der Waals surface area contributed by atoms with Gasteiger partial charge in [-0.3, -0.25) is 14.3 Å². The highest BCUT2D eigenvalue weighted by atomic mass is 127.